The van der Waals surface area contributed by atoms with E-state index in [0.717, 1.165) is 0 Å². The minimum absolute atomic E-state index is 0. The van der Waals surface area contributed by atoms with Gasteiger partial charge < -0.3 is 14.9 Å². The van der Waals surface area contributed by atoms with Gasteiger partial charge in [-0.25, -0.2) is 0 Å². The van der Waals surface area contributed by atoms with Gasteiger partial charge in [-0.1, -0.05) is 112 Å². The van der Waals surface area contributed by atoms with Crippen LogP contribution in [0.15, 0.2) is 78.4 Å². The predicted molar refractivity (Wildman–Crippen MR) is 148 cm³/mol. The Morgan fingerprint density at radius 2 is 1.21 bits per heavy atom. The molecule has 1 fully saturated rings. The number of hydrogen-bond donors (Lipinski definition) is 0. The molecule has 0 radical (unpaired) electrons. The third-order valence-electron chi connectivity index (χ3n) is 7.86. The molecule has 2 aromatic carbocycles. The van der Waals surface area contributed by atoms with Crippen LogP contribution in [0.3, 0.4) is 0 Å². The molecule has 0 aromatic heterocycles. The minimum atomic E-state index is -0.826. The van der Waals surface area contributed by atoms with Crippen molar-refractivity contribution in [2.45, 2.75) is 39.5 Å². The van der Waals surface area contributed by atoms with Crippen molar-refractivity contribution in [3.05, 3.63) is 116 Å². The van der Waals surface area contributed by atoms with E-state index in [4.69, 9.17) is 17.0 Å². The molecule has 180 valence electrons. The summed E-state index contributed by atoms with van der Waals surface area (Å²) in [6, 6.07) is 18.3. The number of rotatable bonds is 3. The van der Waals surface area contributed by atoms with E-state index in [9.17, 15) is 0 Å². The molecule has 0 heterocycles. The summed E-state index contributed by atoms with van der Waals surface area (Å²) in [5.41, 5.74) is 7.57. The summed E-state index contributed by atoms with van der Waals surface area (Å²) >= 11 is -0.826. The monoisotopic (exact) mass is 570 g/mol. The van der Waals surface area contributed by atoms with E-state index in [0.29, 0.717) is 41.4 Å². The molecule has 3 heteroatoms. The molecule has 0 bridgehead atoms. The van der Waals surface area contributed by atoms with Crippen LogP contribution in [0.4, 0.5) is 0 Å². The predicted octanol–water partition coefficient (Wildman–Crippen LogP) is 9.88. The first kappa shape index (κ1) is 29.4. The molecule has 1 saturated carbocycles. The van der Waals surface area contributed by atoms with E-state index >= 15 is 0 Å². The van der Waals surface area contributed by atoms with Crippen LogP contribution in [0, 0.1) is 44.4 Å². The van der Waals surface area contributed by atoms with E-state index in [1.165, 1.54) is 16.7 Å². The van der Waals surface area contributed by atoms with Crippen LogP contribution in [0.5, 0.6) is 0 Å². The molecular formula is C31H38Cl2Zr. The van der Waals surface area contributed by atoms with Crippen LogP contribution in [-0.2, 0) is 20.8 Å². The molecule has 0 nitrogen and oxygen atoms in total. The Morgan fingerprint density at radius 3 is 1.74 bits per heavy atom. The van der Waals surface area contributed by atoms with Crippen molar-refractivity contribution < 1.29 is 20.8 Å². The summed E-state index contributed by atoms with van der Waals surface area (Å²) in [6.45, 7) is 9.65. The van der Waals surface area contributed by atoms with Crippen molar-refractivity contribution in [1.29, 1.82) is 0 Å². The van der Waals surface area contributed by atoms with Gasteiger partial charge in [0.25, 0.3) is 0 Å². The fourth-order valence-electron chi connectivity index (χ4n) is 6.49. The van der Waals surface area contributed by atoms with Crippen LogP contribution in [0.1, 0.15) is 61.8 Å². The Balaban J connectivity index is 0.000000778. The van der Waals surface area contributed by atoms with E-state index in [1.54, 1.807) is 11.1 Å². The van der Waals surface area contributed by atoms with Gasteiger partial charge >= 0.3 is 37.9 Å². The van der Waals surface area contributed by atoms with Crippen molar-refractivity contribution in [2.24, 2.45) is 29.6 Å². The quantitative estimate of drug-likeness (QED) is 0.321. The average Bonchev–Trinajstić information content (AvgIpc) is 3.31. The Hall–Kier alpha value is -0.877. The van der Waals surface area contributed by atoms with Gasteiger partial charge in [-0.2, -0.15) is 0 Å². The zero-order valence-electron chi connectivity index (χ0n) is 21.3. The summed E-state index contributed by atoms with van der Waals surface area (Å²) in [5.74, 6) is 4.23. The van der Waals surface area contributed by atoms with Crippen LogP contribution in [0.2, 0.25) is 0 Å². The number of hydrogen-bond acceptors (Lipinski definition) is 0. The van der Waals surface area contributed by atoms with Crippen molar-refractivity contribution in [3.63, 3.8) is 0 Å². The van der Waals surface area contributed by atoms with Crippen LogP contribution < -0.4 is 0 Å². The van der Waals surface area contributed by atoms with E-state index in [2.05, 4.69) is 107 Å². The number of benzene rings is 2. The Labute approximate surface area is 227 Å². The van der Waals surface area contributed by atoms with E-state index in [-0.39, 0.29) is 14.9 Å². The van der Waals surface area contributed by atoms with Gasteiger partial charge in [0.05, 0.1) is 0 Å². The fraction of sp³-hybridized carbons (Fsp3) is 0.355. The number of halogens is 2. The summed E-state index contributed by atoms with van der Waals surface area (Å²) in [4.78, 5) is 0. The van der Waals surface area contributed by atoms with Crippen LogP contribution in [-0.4, -0.2) is 0 Å². The normalized spacial score (nSPS) is 27.9. The molecule has 0 aliphatic heterocycles. The Morgan fingerprint density at radius 1 is 0.735 bits per heavy atom. The first-order chi connectivity index (χ1) is 15.5. The maximum atomic E-state index is 4.93. The fourth-order valence-corrected chi connectivity index (χ4v) is 6.49. The molecule has 5 unspecified atom stereocenters. The first-order valence-electron chi connectivity index (χ1n) is 11.7. The molecule has 3 aliphatic rings. The average molecular weight is 573 g/mol. The second-order valence-electron chi connectivity index (χ2n) is 9.73. The summed E-state index contributed by atoms with van der Waals surface area (Å²) < 4.78 is 0. The van der Waals surface area contributed by atoms with Gasteiger partial charge in [-0.15, -0.1) is 0 Å². The first-order valence-corrected chi connectivity index (χ1v) is 18.0. The third-order valence-corrected chi connectivity index (χ3v) is 7.86. The van der Waals surface area contributed by atoms with E-state index in [1.807, 2.05) is 0 Å². The van der Waals surface area contributed by atoms with Crippen molar-refractivity contribution in [3.8, 4) is 0 Å². The van der Waals surface area contributed by atoms with Gasteiger partial charge in [0.1, 0.15) is 0 Å². The molecule has 0 saturated heterocycles. The molecule has 0 spiro atoms. The molecule has 5 atom stereocenters. The van der Waals surface area contributed by atoms with Crippen LogP contribution in [0.25, 0.3) is 6.08 Å². The molecule has 34 heavy (non-hydrogen) atoms. The number of allylic oxidation sites excluding steroid dienone is 5. The summed E-state index contributed by atoms with van der Waals surface area (Å²) in [7, 11) is 9.87. The van der Waals surface area contributed by atoms with E-state index < -0.39 is 20.8 Å². The maximum absolute atomic E-state index is 4.93. The van der Waals surface area contributed by atoms with Crippen molar-refractivity contribution in [1.82, 2.24) is 0 Å². The Kier molecular flexibility index (Phi) is 11.1. The van der Waals surface area contributed by atoms with Gasteiger partial charge in [-0.05, 0) is 57.8 Å². The van der Waals surface area contributed by atoms with Crippen LogP contribution >= 0.6 is 17.0 Å². The van der Waals surface area contributed by atoms with Crippen molar-refractivity contribution in [2.75, 3.05) is 0 Å². The molecular weight excluding hydrogens is 534 g/mol. The molecule has 0 N–H and O–H groups in total. The van der Waals surface area contributed by atoms with Gasteiger partial charge in [0.2, 0.25) is 0 Å². The summed E-state index contributed by atoms with van der Waals surface area (Å²) in [6.07, 6.45) is 11.9. The van der Waals surface area contributed by atoms with Crippen molar-refractivity contribution >= 4 is 23.1 Å². The van der Waals surface area contributed by atoms with Gasteiger partial charge in [0, 0.05) is 5.92 Å². The molecule has 5 rings (SSSR count). The van der Waals surface area contributed by atoms with Gasteiger partial charge in [-0.3, -0.25) is 0 Å². The molecule has 3 aliphatic carbocycles. The topological polar surface area (TPSA) is 0 Å². The zero-order valence-corrected chi connectivity index (χ0v) is 25.3. The Bertz CT molecular complexity index is 1010. The SMILES string of the molecule is CC(C)C1=Cc2ccccc2C1c1ccccc1C1C(C)C2C=CC=CC2C1C.[CH3-].[CH3-].[Cl][Zr+2][Cl]. The third kappa shape index (κ3) is 5.43. The van der Waals surface area contributed by atoms with Gasteiger partial charge in [0.15, 0.2) is 0 Å². The summed E-state index contributed by atoms with van der Waals surface area (Å²) in [5, 5.41) is 0. The second kappa shape index (κ2) is 12.9. The molecule has 0 amide bonds. The standard InChI is InChI=1S/C29H32.2CH3.2ClH.Zr/c1-18(2)27-17-21-11-5-6-14-24(21)29(27)26-16-10-9-15-25(26)28-19(3)22-12-7-8-13-23(22)20(28)4;;;;;/h5-20,22-23,28-29H,1-4H3;2*1H3;2*1H;/q;2*-1;;;+4/p-2. The second-order valence-corrected chi connectivity index (χ2v) is 13.5. The molecule has 2 aromatic rings. The number of fused-ring (bicyclic) bond motifs is 2. The zero-order chi connectivity index (χ0) is 22.8.